The van der Waals surface area contributed by atoms with Crippen molar-refractivity contribution in [3.05, 3.63) is 33.5 Å². The summed E-state index contributed by atoms with van der Waals surface area (Å²) in [5.41, 5.74) is 0.193. The molecule has 0 saturated carbocycles. The van der Waals surface area contributed by atoms with Gasteiger partial charge in [-0.05, 0) is 22.0 Å². The van der Waals surface area contributed by atoms with Gasteiger partial charge in [0.1, 0.15) is 0 Å². The van der Waals surface area contributed by atoms with E-state index in [9.17, 15) is 18.0 Å². The summed E-state index contributed by atoms with van der Waals surface area (Å²) in [7, 11) is 0. The Balaban J connectivity index is 2.13. The Morgan fingerprint density at radius 3 is 2.63 bits per heavy atom. The van der Waals surface area contributed by atoms with Gasteiger partial charge in [0.15, 0.2) is 0 Å². The second kappa shape index (κ2) is 5.21. The van der Waals surface area contributed by atoms with Gasteiger partial charge in [-0.15, -0.1) is 10.2 Å². The Bertz CT molecular complexity index is 616. The first kappa shape index (κ1) is 13.9. The minimum absolute atomic E-state index is 0.193. The van der Waals surface area contributed by atoms with Crippen molar-refractivity contribution in [1.29, 1.82) is 0 Å². The van der Waals surface area contributed by atoms with Crippen LogP contribution in [0.2, 0.25) is 0 Å². The molecule has 1 amide bonds. The highest BCUT2D eigenvalue weighted by molar-refractivity contribution is 9.10. The second-order valence-electron chi connectivity index (χ2n) is 3.26. The van der Waals surface area contributed by atoms with E-state index in [2.05, 4.69) is 36.4 Å². The zero-order chi connectivity index (χ0) is 14.0. The standard InChI is InChI=1S/C9H4BrF3N4OS/c10-5-1-4(2-14-3-5)6(18)15-8-17-16-7(19-8)9(11,12)13/h1-3H,(H,15,17,18). The Hall–Kier alpha value is -1.55. The van der Waals surface area contributed by atoms with Crippen LogP contribution in [-0.4, -0.2) is 21.1 Å². The van der Waals surface area contributed by atoms with E-state index in [4.69, 9.17) is 0 Å². The summed E-state index contributed by atoms with van der Waals surface area (Å²) in [6, 6.07) is 1.48. The average molecular weight is 353 g/mol. The highest BCUT2D eigenvalue weighted by atomic mass is 79.9. The van der Waals surface area contributed by atoms with Crippen molar-refractivity contribution in [3.8, 4) is 0 Å². The van der Waals surface area contributed by atoms with Crippen LogP contribution in [0.15, 0.2) is 22.9 Å². The van der Waals surface area contributed by atoms with E-state index in [1.807, 2.05) is 0 Å². The number of hydrogen-bond donors (Lipinski definition) is 1. The fraction of sp³-hybridized carbons (Fsp3) is 0.111. The molecule has 2 aromatic heterocycles. The average Bonchev–Trinajstić information content (AvgIpc) is 2.77. The number of carbonyl (C=O) groups excluding carboxylic acids is 1. The van der Waals surface area contributed by atoms with Crippen LogP contribution < -0.4 is 5.32 Å². The summed E-state index contributed by atoms with van der Waals surface area (Å²) in [6.07, 6.45) is -1.81. The van der Waals surface area contributed by atoms with Crippen LogP contribution in [0.25, 0.3) is 0 Å². The number of carbonyl (C=O) groups is 1. The van der Waals surface area contributed by atoms with Crippen LogP contribution in [0, 0.1) is 0 Å². The second-order valence-corrected chi connectivity index (χ2v) is 5.15. The minimum Gasteiger partial charge on any atom is -0.296 e. The fourth-order valence-electron chi connectivity index (χ4n) is 1.09. The SMILES string of the molecule is O=C(Nc1nnc(C(F)(F)F)s1)c1cncc(Br)c1. The molecule has 0 radical (unpaired) electrons. The Kier molecular flexibility index (Phi) is 3.80. The molecule has 10 heteroatoms. The molecule has 100 valence electrons. The normalized spacial score (nSPS) is 11.4. The van der Waals surface area contributed by atoms with Gasteiger partial charge < -0.3 is 0 Å². The molecule has 0 aliphatic carbocycles. The molecule has 0 fully saturated rings. The van der Waals surface area contributed by atoms with E-state index in [-0.39, 0.29) is 22.0 Å². The lowest BCUT2D eigenvalue weighted by Gasteiger charge is -2.01. The van der Waals surface area contributed by atoms with Crippen molar-refractivity contribution < 1.29 is 18.0 Å². The number of hydrogen-bond acceptors (Lipinski definition) is 5. The van der Waals surface area contributed by atoms with E-state index in [1.165, 1.54) is 18.5 Å². The molecule has 0 spiro atoms. The number of pyridine rings is 1. The summed E-state index contributed by atoms with van der Waals surface area (Å²) in [6.45, 7) is 0. The first-order valence-electron chi connectivity index (χ1n) is 4.69. The summed E-state index contributed by atoms with van der Waals surface area (Å²) in [5, 5.41) is 7.09. The smallest absolute Gasteiger partial charge is 0.296 e. The maximum absolute atomic E-state index is 12.3. The number of amides is 1. The molecule has 5 nitrogen and oxygen atoms in total. The summed E-state index contributed by atoms with van der Waals surface area (Å²) in [5.74, 6) is -0.612. The number of nitrogens with zero attached hydrogens (tertiary/aromatic N) is 3. The number of aromatic nitrogens is 3. The molecule has 0 bridgehead atoms. The third kappa shape index (κ3) is 3.47. The Labute approximate surface area is 117 Å². The van der Waals surface area contributed by atoms with Crippen molar-refractivity contribution >= 4 is 38.3 Å². The molecule has 1 N–H and O–H groups in total. The molecular weight excluding hydrogens is 349 g/mol. The molecule has 19 heavy (non-hydrogen) atoms. The summed E-state index contributed by atoms with van der Waals surface area (Å²) >= 11 is 3.39. The van der Waals surface area contributed by atoms with Gasteiger partial charge in [0.2, 0.25) is 10.1 Å². The van der Waals surface area contributed by atoms with Gasteiger partial charge in [-0.3, -0.25) is 15.1 Å². The van der Waals surface area contributed by atoms with Gasteiger partial charge >= 0.3 is 6.18 Å². The number of nitrogens with one attached hydrogen (secondary N) is 1. The van der Waals surface area contributed by atoms with E-state index in [0.29, 0.717) is 4.47 Å². The zero-order valence-electron chi connectivity index (χ0n) is 8.90. The van der Waals surface area contributed by atoms with Crippen LogP contribution in [0.4, 0.5) is 18.3 Å². The number of alkyl halides is 3. The highest BCUT2D eigenvalue weighted by Gasteiger charge is 2.35. The topological polar surface area (TPSA) is 67.8 Å². The molecular formula is C9H4BrF3N4OS. The number of rotatable bonds is 2. The van der Waals surface area contributed by atoms with Gasteiger partial charge in [-0.2, -0.15) is 13.2 Å². The van der Waals surface area contributed by atoms with Crippen molar-refractivity contribution in [2.45, 2.75) is 6.18 Å². The maximum atomic E-state index is 12.3. The number of halogens is 4. The molecule has 2 heterocycles. The molecule has 2 aromatic rings. The van der Waals surface area contributed by atoms with E-state index in [1.54, 1.807) is 0 Å². The third-order valence-electron chi connectivity index (χ3n) is 1.86. The monoisotopic (exact) mass is 352 g/mol. The van der Waals surface area contributed by atoms with E-state index >= 15 is 0 Å². The molecule has 2 rings (SSSR count). The highest BCUT2D eigenvalue weighted by Crippen LogP contribution is 2.33. The molecule has 0 aliphatic heterocycles. The van der Waals surface area contributed by atoms with Crippen molar-refractivity contribution in [2.24, 2.45) is 0 Å². The molecule has 0 saturated heterocycles. The largest absolute Gasteiger partial charge is 0.445 e. The predicted molar refractivity (Wildman–Crippen MR) is 64.8 cm³/mol. The van der Waals surface area contributed by atoms with Crippen molar-refractivity contribution in [3.63, 3.8) is 0 Å². The first-order chi connectivity index (χ1) is 8.86. The molecule has 0 aromatic carbocycles. The van der Waals surface area contributed by atoms with Crippen molar-refractivity contribution in [2.75, 3.05) is 5.32 Å². The van der Waals surface area contributed by atoms with E-state index in [0.717, 1.165) is 0 Å². The predicted octanol–water partition coefficient (Wildman–Crippen LogP) is 2.97. The van der Waals surface area contributed by atoms with Gasteiger partial charge in [0, 0.05) is 16.9 Å². The maximum Gasteiger partial charge on any atom is 0.445 e. The molecule has 0 atom stereocenters. The lowest BCUT2D eigenvalue weighted by molar-refractivity contribution is -0.138. The van der Waals surface area contributed by atoms with Crippen LogP contribution in [0.1, 0.15) is 15.4 Å². The first-order valence-corrected chi connectivity index (χ1v) is 6.30. The van der Waals surface area contributed by atoms with Crippen molar-refractivity contribution in [1.82, 2.24) is 15.2 Å². The van der Waals surface area contributed by atoms with Gasteiger partial charge in [0.05, 0.1) is 5.56 Å². The summed E-state index contributed by atoms with van der Waals surface area (Å²) in [4.78, 5) is 15.5. The van der Waals surface area contributed by atoms with Crippen LogP contribution in [0.3, 0.4) is 0 Å². The third-order valence-corrected chi connectivity index (χ3v) is 3.17. The Morgan fingerprint density at radius 2 is 2.05 bits per heavy atom. The lowest BCUT2D eigenvalue weighted by atomic mass is 10.3. The fourth-order valence-corrected chi connectivity index (χ4v) is 2.06. The molecule has 0 unspecified atom stereocenters. The van der Waals surface area contributed by atoms with Gasteiger partial charge in [-0.1, -0.05) is 11.3 Å². The van der Waals surface area contributed by atoms with Crippen LogP contribution in [0.5, 0.6) is 0 Å². The quantitative estimate of drug-likeness (QED) is 0.902. The number of anilines is 1. The Morgan fingerprint density at radius 1 is 1.32 bits per heavy atom. The zero-order valence-corrected chi connectivity index (χ0v) is 11.3. The summed E-state index contributed by atoms with van der Waals surface area (Å²) < 4.78 is 37.5. The molecule has 0 aliphatic rings. The van der Waals surface area contributed by atoms with E-state index < -0.39 is 17.1 Å². The van der Waals surface area contributed by atoms with Gasteiger partial charge in [-0.25, -0.2) is 0 Å². The van der Waals surface area contributed by atoms with Crippen LogP contribution >= 0.6 is 27.3 Å². The lowest BCUT2D eigenvalue weighted by Crippen LogP contribution is -2.11. The van der Waals surface area contributed by atoms with Crippen LogP contribution in [-0.2, 0) is 6.18 Å². The minimum atomic E-state index is -4.57. The van der Waals surface area contributed by atoms with Gasteiger partial charge in [0.25, 0.3) is 5.91 Å².